The van der Waals surface area contributed by atoms with E-state index >= 15 is 0 Å². The van der Waals surface area contributed by atoms with Crippen LogP contribution in [0.2, 0.25) is 0 Å². The lowest BCUT2D eigenvalue weighted by Gasteiger charge is -2.45. The maximum atomic E-state index is 5.12. The van der Waals surface area contributed by atoms with E-state index in [4.69, 9.17) is 15.0 Å². The third-order valence-corrected chi connectivity index (χ3v) is 14.5. The molecule has 0 radical (unpaired) electrons. The molecule has 2 aliphatic rings. The largest absolute Gasteiger partial charge is 0.310 e. The molecule has 1 aliphatic carbocycles. The molecule has 4 aromatic heterocycles. The molecule has 11 aromatic rings. The molecule has 7 heteroatoms. The Kier molecular flexibility index (Phi) is 7.79. The Hall–Kier alpha value is -7.58. The topological polar surface area (TPSA) is 54.8 Å². The highest BCUT2D eigenvalue weighted by Gasteiger charge is 2.53. The molecule has 5 nitrogen and oxygen atoms in total. The molecule has 7 aromatic carbocycles. The molecule has 1 aliphatic heterocycles. The fourth-order valence-electron chi connectivity index (χ4n) is 9.70. The lowest BCUT2D eigenvalue weighted by molar-refractivity contribution is 0.759. The molecule has 0 saturated carbocycles. The van der Waals surface area contributed by atoms with E-state index in [9.17, 15) is 0 Å². The summed E-state index contributed by atoms with van der Waals surface area (Å²) in [4.78, 5) is 25.0. The maximum Gasteiger partial charge on any atom is 0.164 e. The summed E-state index contributed by atoms with van der Waals surface area (Å²) in [5.41, 5.74) is 13.0. The number of nitrogens with zero attached hydrogens (tertiary/aromatic N) is 5. The summed E-state index contributed by atoms with van der Waals surface area (Å²) in [5, 5.41) is 9.43. The minimum Gasteiger partial charge on any atom is -0.310 e. The summed E-state index contributed by atoms with van der Waals surface area (Å²) >= 11 is 3.71. The van der Waals surface area contributed by atoms with Gasteiger partial charge in [0.1, 0.15) is 0 Å². The highest BCUT2D eigenvalue weighted by Crippen LogP contribution is 2.66. The van der Waals surface area contributed by atoms with Crippen molar-refractivity contribution in [3.8, 4) is 55.2 Å². The molecular formula is C55H33N5S2. The zero-order chi connectivity index (χ0) is 40.8. The van der Waals surface area contributed by atoms with Gasteiger partial charge in [-0.1, -0.05) is 109 Å². The van der Waals surface area contributed by atoms with E-state index in [-0.39, 0.29) is 0 Å². The van der Waals surface area contributed by atoms with Crippen molar-refractivity contribution in [3.63, 3.8) is 0 Å². The standard InChI is InChI=1S/C55H33N5S2/c1-2-10-35(11-3-1)52-57-53(36-19-17-34(18-20-36)47-16-8-9-27-56-47)59-54(58-52)37-21-23-42(24-22-37)60-48-32-40-14-6-4-12-38(40)30-45(48)55(43-25-28-61-50(43)51-44(55)26-29-62-51)46-31-39-13-5-7-15-41(39)33-49(46)60/h1-33H. The Balaban J connectivity index is 0.993. The van der Waals surface area contributed by atoms with E-state index in [1.807, 2.05) is 77.4 Å². The monoisotopic (exact) mass is 827 g/mol. The second-order valence-corrected chi connectivity index (χ2v) is 17.7. The molecule has 1 spiro atoms. The van der Waals surface area contributed by atoms with Crippen molar-refractivity contribution in [2.24, 2.45) is 0 Å². The van der Waals surface area contributed by atoms with Crippen molar-refractivity contribution in [1.82, 2.24) is 19.9 Å². The van der Waals surface area contributed by atoms with Crippen molar-refractivity contribution in [3.05, 3.63) is 221 Å². The van der Waals surface area contributed by atoms with Crippen LogP contribution in [-0.2, 0) is 5.41 Å². The quantitative estimate of drug-likeness (QED) is 0.173. The summed E-state index contributed by atoms with van der Waals surface area (Å²) in [5.74, 6) is 1.86. The lowest BCUT2D eigenvalue weighted by Crippen LogP contribution is -2.36. The normalized spacial score (nSPS) is 13.3. The van der Waals surface area contributed by atoms with Crippen LogP contribution < -0.4 is 4.90 Å². The SMILES string of the molecule is c1ccc(-c2nc(-c3ccc(-c4ccccn4)cc3)nc(-c3ccc(N4c5cc6ccccc6cc5C5(c6cc7ccccc7cc64)c4ccsc4-c4sccc45)cc3)n2)cc1. The van der Waals surface area contributed by atoms with Crippen LogP contribution in [0.25, 0.3) is 76.7 Å². The van der Waals surface area contributed by atoms with Crippen molar-refractivity contribution in [2.75, 3.05) is 4.90 Å². The van der Waals surface area contributed by atoms with Crippen LogP contribution >= 0.6 is 22.7 Å². The van der Waals surface area contributed by atoms with Gasteiger partial charge in [0.15, 0.2) is 17.5 Å². The lowest BCUT2D eigenvalue weighted by atomic mass is 9.64. The van der Waals surface area contributed by atoms with Gasteiger partial charge >= 0.3 is 0 Å². The van der Waals surface area contributed by atoms with Gasteiger partial charge < -0.3 is 4.90 Å². The molecule has 0 N–H and O–H groups in total. The van der Waals surface area contributed by atoms with Gasteiger partial charge in [-0.3, -0.25) is 4.98 Å². The highest BCUT2D eigenvalue weighted by molar-refractivity contribution is 7.21. The fourth-order valence-corrected chi connectivity index (χ4v) is 11.8. The van der Waals surface area contributed by atoms with Crippen LogP contribution in [0.15, 0.2) is 199 Å². The van der Waals surface area contributed by atoms with Gasteiger partial charge in [0, 0.05) is 43.9 Å². The Bertz CT molecular complexity index is 3390. The second-order valence-electron chi connectivity index (χ2n) is 15.9. The van der Waals surface area contributed by atoms with E-state index in [2.05, 4.69) is 154 Å². The van der Waals surface area contributed by atoms with Crippen molar-refractivity contribution >= 4 is 61.3 Å². The summed E-state index contributed by atoms with van der Waals surface area (Å²) in [6, 6.07) is 65.1. The number of hydrogen-bond donors (Lipinski definition) is 0. The van der Waals surface area contributed by atoms with E-state index in [1.54, 1.807) is 0 Å². The minimum absolute atomic E-state index is 0.467. The molecule has 290 valence electrons. The zero-order valence-corrected chi connectivity index (χ0v) is 34.7. The Morgan fingerprint density at radius 3 is 1.35 bits per heavy atom. The molecular weight excluding hydrogens is 795 g/mol. The predicted molar refractivity (Wildman–Crippen MR) is 256 cm³/mol. The third-order valence-electron chi connectivity index (χ3n) is 12.5. The number of rotatable bonds is 5. The van der Waals surface area contributed by atoms with Gasteiger partial charge in [-0.05, 0) is 127 Å². The summed E-state index contributed by atoms with van der Waals surface area (Å²) in [6.07, 6.45) is 1.82. The predicted octanol–water partition coefficient (Wildman–Crippen LogP) is 14.5. The molecule has 0 unspecified atom stereocenters. The Morgan fingerprint density at radius 2 is 0.839 bits per heavy atom. The Labute approximate surface area is 366 Å². The van der Waals surface area contributed by atoms with E-state index < -0.39 is 5.41 Å². The number of benzene rings is 7. The van der Waals surface area contributed by atoms with Gasteiger partial charge in [-0.2, -0.15) is 0 Å². The first-order chi connectivity index (χ1) is 30.7. The maximum absolute atomic E-state index is 5.12. The smallest absolute Gasteiger partial charge is 0.164 e. The first-order valence-corrected chi connectivity index (χ1v) is 22.4. The molecule has 5 heterocycles. The molecule has 0 saturated heterocycles. The van der Waals surface area contributed by atoms with Crippen molar-refractivity contribution < 1.29 is 0 Å². The van der Waals surface area contributed by atoms with Gasteiger partial charge in [-0.25, -0.2) is 15.0 Å². The molecule has 0 atom stereocenters. The molecule has 0 bridgehead atoms. The Morgan fingerprint density at radius 1 is 0.387 bits per heavy atom. The number of pyridine rings is 1. The van der Waals surface area contributed by atoms with Gasteiger partial charge in [-0.15, -0.1) is 22.7 Å². The van der Waals surface area contributed by atoms with Crippen LogP contribution in [0.3, 0.4) is 0 Å². The van der Waals surface area contributed by atoms with Gasteiger partial charge in [0.25, 0.3) is 0 Å². The third kappa shape index (κ3) is 5.25. The first-order valence-electron chi connectivity index (χ1n) is 20.7. The average molecular weight is 828 g/mol. The van der Waals surface area contributed by atoms with Crippen LogP contribution in [0.5, 0.6) is 0 Å². The number of hydrogen-bond acceptors (Lipinski definition) is 7. The average Bonchev–Trinajstić information content (AvgIpc) is 4.08. The molecule has 13 rings (SSSR count). The van der Waals surface area contributed by atoms with Crippen LogP contribution in [0.4, 0.5) is 17.1 Å². The van der Waals surface area contributed by atoms with Crippen LogP contribution in [0, 0.1) is 0 Å². The summed E-state index contributed by atoms with van der Waals surface area (Å²) in [6.45, 7) is 0. The second kappa shape index (κ2) is 13.7. The number of anilines is 3. The zero-order valence-electron chi connectivity index (χ0n) is 33.1. The molecule has 0 amide bonds. The fraction of sp³-hybridized carbons (Fsp3) is 0.0182. The van der Waals surface area contributed by atoms with Gasteiger partial charge in [0.05, 0.1) is 22.5 Å². The van der Waals surface area contributed by atoms with Gasteiger partial charge in [0.2, 0.25) is 0 Å². The molecule has 62 heavy (non-hydrogen) atoms. The number of thiophene rings is 2. The van der Waals surface area contributed by atoms with Crippen molar-refractivity contribution in [1.29, 1.82) is 0 Å². The van der Waals surface area contributed by atoms with E-state index in [0.29, 0.717) is 17.5 Å². The highest BCUT2D eigenvalue weighted by atomic mass is 32.1. The van der Waals surface area contributed by atoms with E-state index in [0.717, 1.165) is 33.6 Å². The van der Waals surface area contributed by atoms with E-state index in [1.165, 1.54) is 64.9 Å². The molecule has 0 fully saturated rings. The summed E-state index contributed by atoms with van der Waals surface area (Å²) in [7, 11) is 0. The number of aromatic nitrogens is 4. The minimum atomic E-state index is -0.467. The first kappa shape index (κ1) is 35.2. The van der Waals surface area contributed by atoms with Crippen LogP contribution in [-0.4, -0.2) is 19.9 Å². The van der Waals surface area contributed by atoms with Crippen LogP contribution in [0.1, 0.15) is 22.3 Å². The summed E-state index contributed by atoms with van der Waals surface area (Å²) < 4.78 is 0. The number of fused-ring (bicyclic) bond motifs is 11. The van der Waals surface area contributed by atoms with Crippen molar-refractivity contribution in [2.45, 2.75) is 5.41 Å².